The number of nitrogens with two attached hydrogens (primary N) is 3. The summed E-state index contributed by atoms with van der Waals surface area (Å²) in [6.45, 7) is 3.38. The van der Waals surface area contributed by atoms with Gasteiger partial charge in [-0.1, -0.05) is 91.0 Å². The van der Waals surface area contributed by atoms with Crippen molar-refractivity contribution >= 4 is 81.9 Å². The third-order valence-corrected chi connectivity index (χ3v) is 10.3. The van der Waals surface area contributed by atoms with Gasteiger partial charge in [0, 0.05) is 36.4 Å². The normalized spacial score (nSPS) is 13.7. The highest BCUT2D eigenvalue weighted by Crippen LogP contribution is 2.20. The van der Waals surface area contributed by atoms with E-state index in [1.165, 1.54) is 13.8 Å². The molecular formula is C45H57Cl2N9O6. The average molecular weight is 891 g/mol. The molecule has 15 nitrogen and oxygen atoms in total. The third kappa shape index (κ3) is 14.3. The SMILES string of the molecule is C[C@H](NC(=O)[C@@H](Cc1ccc2ccccc2c1)NC(=O)[C@@H](C)N)C(=O)N[C@@H](Cc1c[nH]c2ccccc12)C(=O)N[C@H](Cc1ccccc1)C(=O)N[C@@H](CCCCN)C(N)=O.Cl.Cl. The van der Waals surface area contributed by atoms with Gasteiger partial charge in [-0.05, 0) is 73.2 Å². The number of carbonyl (C=O) groups is 6. The number of rotatable bonds is 21. The van der Waals surface area contributed by atoms with E-state index in [1.807, 2.05) is 72.8 Å². The number of halogens is 2. The zero-order chi connectivity index (χ0) is 43.2. The second-order valence-electron chi connectivity index (χ2n) is 15.1. The first-order valence-corrected chi connectivity index (χ1v) is 20.2. The van der Waals surface area contributed by atoms with E-state index in [1.54, 1.807) is 30.5 Å². The van der Waals surface area contributed by atoms with Crippen molar-refractivity contribution in [2.45, 2.75) is 88.6 Å². The lowest BCUT2D eigenvalue weighted by molar-refractivity contribution is -0.134. The number of hydrogen-bond donors (Lipinski definition) is 9. The van der Waals surface area contributed by atoms with Crippen molar-refractivity contribution in [3.8, 4) is 0 Å². The van der Waals surface area contributed by atoms with E-state index in [0.717, 1.165) is 38.4 Å². The van der Waals surface area contributed by atoms with Gasteiger partial charge in [-0.25, -0.2) is 0 Å². The molecule has 0 fully saturated rings. The van der Waals surface area contributed by atoms with Gasteiger partial charge in [0.2, 0.25) is 35.4 Å². The molecular weight excluding hydrogens is 833 g/mol. The Hall–Kier alpha value is -6.00. The standard InChI is InChI=1S/C45H55N9O6.2ClH/c1-27(47)41(56)52-38(24-30-19-20-31-14-6-7-15-32(31)22-30)43(58)50-28(2)42(57)53-39(25-33-26-49-35-17-9-8-16-34(33)35)45(60)54-37(23-29-12-4-3-5-13-29)44(59)51-36(40(48)55)18-10-11-21-46;;/h3-9,12-17,19-20,22,26-28,36-39,49H,10-11,18,21,23-25,46-47H2,1-2H3,(H2,48,55)(H,50,58)(H,51,59)(H,52,56)(H,53,57)(H,54,60);2*1H/t27-,28+,36+,37-,38-,39+;;/m1../s1. The lowest BCUT2D eigenvalue weighted by atomic mass is 10.0. The van der Waals surface area contributed by atoms with Crippen molar-refractivity contribution in [1.82, 2.24) is 31.6 Å². The topological polar surface area (TPSA) is 256 Å². The Bertz CT molecular complexity index is 2290. The molecule has 0 saturated heterocycles. The Morgan fingerprint density at radius 3 is 1.79 bits per heavy atom. The van der Waals surface area contributed by atoms with Crippen molar-refractivity contribution in [3.05, 3.63) is 120 Å². The second-order valence-corrected chi connectivity index (χ2v) is 15.1. The summed E-state index contributed by atoms with van der Waals surface area (Å²) in [6, 6.07) is 23.4. The van der Waals surface area contributed by atoms with E-state index < -0.39 is 71.7 Å². The van der Waals surface area contributed by atoms with Crippen LogP contribution >= 0.6 is 24.8 Å². The predicted molar refractivity (Wildman–Crippen MR) is 245 cm³/mol. The smallest absolute Gasteiger partial charge is 0.243 e. The molecule has 6 atom stereocenters. The Morgan fingerprint density at radius 1 is 0.581 bits per heavy atom. The first kappa shape index (κ1) is 50.4. The maximum Gasteiger partial charge on any atom is 0.243 e. The summed E-state index contributed by atoms with van der Waals surface area (Å²) in [5.74, 6) is -3.90. The van der Waals surface area contributed by atoms with Gasteiger partial charge in [0.1, 0.15) is 30.2 Å². The second kappa shape index (κ2) is 24.4. The first-order chi connectivity index (χ1) is 28.8. The summed E-state index contributed by atoms with van der Waals surface area (Å²) in [7, 11) is 0. The van der Waals surface area contributed by atoms with Crippen LogP contribution in [0.2, 0.25) is 0 Å². The number of hydrogen-bond acceptors (Lipinski definition) is 8. The Labute approximate surface area is 373 Å². The molecule has 332 valence electrons. The van der Waals surface area contributed by atoms with Gasteiger partial charge in [-0.3, -0.25) is 28.8 Å². The van der Waals surface area contributed by atoms with E-state index in [4.69, 9.17) is 17.2 Å². The molecule has 17 heteroatoms. The summed E-state index contributed by atoms with van der Waals surface area (Å²) in [6.07, 6.45) is 3.39. The zero-order valence-electron chi connectivity index (χ0n) is 34.7. The van der Waals surface area contributed by atoms with Crippen LogP contribution < -0.4 is 43.8 Å². The first-order valence-electron chi connectivity index (χ1n) is 20.2. The van der Waals surface area contributed by atoms with Crippen molar-refractivity contribution in [3.63, 3.8) is 0 Å². The average Bonchev–Trinajstić information content (AvgIpc) is 3.65. The minimum absolute atomic E-state index is 0. The van der Waals surface area contributed by atoms with E-state index in [9.17, 15) is 28.8 Å². The lowest BCUT2D eigenvalue weighted by Crippen LogP contribution is -2.59. The fraction of sp³-hybridized carbons (Fsp3) is 0.333. The third-order valence-electron chi connectivity index (χ3n) is 10.3. The van der Waals surface area contributed by atoms with Crippen LogP contribution in [0.25, 0.3) is 21.7 Å². The lowest BCUT2D eigenvalue weighted by Gasteiger charge is -2.26. The van der Waals surface area contributed by atoms with Crippen molar-refractivity contribution in [2.24, 2.45) is 17.2 Å². The predicted octanol–water partition coefficient (Wildman–Crippen LogP) is 2.60. The molecule has 0 radical (unpaired) electrons. The number of H-pyrrole nitrogens is 1. The van der Waals surface area contributed by atoms with Crippen LogP contribution in [0.4, 0.5) is 0 Å². The Kier molecular flexibility index (Phi) is 19.9. The molecule has 5 rings (SSSR count). The molecule has 1 heterocycles. The van der Waals surface area contributed by atoms with Gasteiger partial charge in [-0.2, -0.15) is 0 Å². The van der Waals surface area contributed by atoms with Gasteiger partial charge in [0.15, 0.2) is 0 Å². The molecule has 0 aliphatic heterocycles. The van der Waals surface area contributed by atoms with Crippen LogP contribution in [0.1, 0.15) is 49.8 Å². The molecule has 1 aromatic heterocycles. The summed E-state index contributed by atoms with van der Waals surface area (Å²) < 4.78 is 0. The van der Waals surface area contributed by atoms with Crippen molar-refractivity contribution in [2.75, 3.05) is 6.54 Å². The van der Waals surface area contributed by atoms with E-state index in [0.29, 0.717) is 19.4 Å². The molecule has 0 aliphatic carbocycles. The van der Waals surface area contributed by atoms with Crippen LogP contribution in [-0.4, -0.2) is 83.2 Å². The van der Waals surface area contributed by atoms with Gasteiger partial charge in [0.05, 0.1) is 6.04 Å². The largest absolute Gasteiger partial charge is 0.368 e. The highest BCUT2D eigenvalue weighted by Gasteiger charge is 2.32. The molecule has 0 aliphatic rings. The molecule has 0 spiro atoms. The fourth-order valence-corrected chi connectivity index (χ4v) is 6.90. The molecule has 4 aromatic carbocycles. The molecule has 0 saturated carbocycles. The Balaban J connectivity index is 0.00000512. The number of carbonyl (C=O) groups excluding carboxylic acids is 6. The summed E-state index contributed by atoms with van der Waals surface area (Å²) >= 11 is 0. The number of aromatic amines is 1. The molecule has 5 aromatic rings. The fourth-order valence-electron chi connectivity index (χ4n) is 6.90. The monoisotopic (exact) mass is 889 g/mol. The highest BCUT2D eigenvalue weighted by molar-refractivity contribution is 5.97. The van der Waals surface area contributed by atoms with E-state index in [-0.39, 0.29) is 50.5 Å². The van der Waals surface area contributed by atoms with Crippen LogP contribution in [0, 0.1) is 0 Å². The number of amides is 6. The van der Waals surface area contributed by atoms with Crippen molar-refractivity contribution in [1.29, 1.82) is 0 Å². The number of primary amides is 1. The van der Waals surface area contributed by atoms with Gasteiger partial charge in [0.25, 0.3) is 0 Å². The van der Waals surface area contributed by atoms with E-state index in [2.05, 4.69) is 31.6 Å². The number of benzene rings is 4. The highest BCUT2D eigenvalue weighted by atomic mass is 35.5. The molecule has 6 amide bonds. The summed E-state index contributed by atoms with van der Waals surface area (Å²) in [4.78, 5) is 84.2. The van der Waals surface area contributed by atoms with Gasteiger partial charge >= 0.3 is 0 Å². The van der Waals surface area contributed by atoms with E-state index >= 15 is 0 Å². The summed E-state index contributed by atoms with van der Waals surface area (Å²) in [5.41, 5.74) is 20.2. The van der Waals surface area contributed by atoms with Gasteiger partial charge < -0.3 is 48.8 Å². The molecule has 12 N–H and O–H groups in total. The number of aromatic nitrogens is 1. The minimum atomic E-state index is -1.23. The van der Waals surface area contributed by atoms with Crippen LogP contribution in [-0.2, 0) is 48.0 Å². The van der Waals surface area contributed by atoms with Gasteiger partial charge in [-0.15, -0.1) is 24.8 Å². The maximum absolute atomic E-state index is 14.3. The zero-order valence-corrected chi connectivity index (χ0v) is 36.4. The number of nitrogens with one attached hydrogen (secondary N) is 6. The van der Waals surface area contributed by atoms with Crippen LogP contribution in [0.5, 0.6) is 0 Å². The molecule has 0 bridgehead atoms. The molecule has 0 unspecified atom stereocenters. The quantitative estimate of drug-likeness (QED) is 0.0494. The Morgan fingerprint density at radius 2 is 1.13 bits per heavy atom. The van der Waals surface area contributed by atoms with Crippen LogP contribution in [0.3, 0.4) is 0 Å². The van der Waals surface area contributed by atoms with Crippen molar-refractivity contribution < 1.29 is 28.8 Å². The minimum Gasteiger partial charge on any atom is -0.368 e. The number of para-hydroxylation sites is 1. The number of fused-ring (bicyclic) bond motifs is 2. The maximum atomic E-state index is 14.3. The van der Waals surface area contributed by atoms with Crippen LogP contribution in [0.15, 0.2) is 103 Å². The number of unbranched alkanes of at least 4 members (excludes halogenated alkanes) is 1. The summed E-state index contributed by atoms with van der Waals surface area (Å²) in [5, 5.41) is 16.5. The molecule has 62 heavy (non-hydrogen) atoms.